The van der Waals surface area contributed by atoms with Crippen LogP contribution >= 0.6 is 0 Å². The Labute approximate surface area is 142 Å². The van der Waals surface area contributed by atoms with Gasteiger partial charge in [0.2, 0.25) is 0 Å². The van der Waals surface area contributed by atoms with Gasteiger partial charge in [-0.3, -0.25) is 0 Å². The van der Waals surface area contributed by atoms with E-state index in [-0.39, 0.29) is 0 Å². The minimum atomic E-state index is 0.916. The molecule has 1 aliphatic heterocycles. The molecule has 0 saturated carbocycles. The third kappa shape index (κ3) is 5.29. The van der Waals surface area contributed by atoms with Crippen molar-refractivity contribution in [1.29, 1.82) is 0 Å². The molecule has 126 valence electrons. The van der Waals surface area contributed by atoms with Crippen molar-refractivity contribution in [2.75, 3.05) is 36.7 Å². The lowest BCUT2D eigenvalue weighted by atomic mass is 10.2. The van der Waals surface area contributed by atoms with Crippen LogP contribution in [0, 0.1) is 0 Å². The van der Waals surface area contributed by atoms with Crippen molar-refractivity contribution >= 4 is 11.4 Å². The van der Waals surface area contributed by atoms with E-state index in [1.165, 1.54) is 11.4 Å². The van der Waals surface area contributed by atoms with Gasteiger partial charge in [-0.1, -0.05) is 64.1 Å². The first-order valence-corrected chi connectivity index (χ1v) is 8.68. The van der Waals surface area contributed by atoms with Gasteiger partial charge in [0.15, 0.2) is 0 Å². The molecule has 0 radical (unpaired) electrons. The fourth-order valence-corrected chi connectivity index (χ4v) is 2.56. The van der Waals surface area contributed by atoms with E-state index in [9.17, 15) is 0 Å². The normalized spacial score (nSPS) is 14.3. The summed E-state index contributed by atoms with van der Waals surface area (Å²) < 4.78 is 0. The highest BCUT2D eigenvalue weighted by atomic mass is 15.7. The topological polar surface area (TPSA) is 9.72 Å². The van der Waals surface area contributed by atoms with Gasteiger partial charge in [-0.05, 0) is 24.3 Å². The van der Waals surface area contributed by atoms with Crippen molar-refractivity contribution in [3.05, 3.63) is 60.7 Å². The van der Waals surface area contributed by atoms with E-state index in [0.717, 1.165) is 19.8 Å². The average Bonchev–Trinajstić information content (AvgIpc) is 2.66. The monoisotopic (exact) mass is 313 g/mol. The second-order valence-corrected chi connectivity index (χ2v) is 4.86. The van der Waals surface area contributed by atoms with Crippen molar-refractivity contribution in [3.8, 4) is 0 Å². The Kier molecular flexibility index (Phi) is 8.85. The molecule has 1 fully saturated rings. The molecule has 0 amide bonds. The first-order valence-electron chi connectivity index (χ1n) is 8.68. The summed E-state index contributed by atoms with van der Waals surface area (Å²) in [5.41, 5.74) is 2.56. The van der Waals surface area contributed by atoms with Crippen molar-refractivity contribution in [3.63, 3.8) is 0 Å². The van der Waals surface area contributed by atoms with Crippen LogP contribution in [-0.2, 0) is 0 Å². The highest BCUT2D eigenvalue weighted by Crippen LogP contribution is 2.21. The molecule has 0 aromatic heterocycles. The lowest BCUT2D eigenvalue weighted by Gasteiger charge is -2.44. The van der Waals surface area contributed by atoms with E-state index >= 15 is 0 Å². The van der Waals surface area contributed by atoms with Crippen LogP contribution in [0.5, 0.6) is 0 Å². The predicted octanol–water partition coefficient (Wildman–Crippen LogP) is 4.87. The Morgan fingerprint density at radius 3 is 1.61 bits per heavy atom. The third-order valence-electron chi connectivity index (χ3n) is 3.54. The van der Waals surface area contributed by atoms with Gasteiger partial charge in [0.1, 0.15) is 0 Å². The summed E-state index contributed by atoms with van der Waals surface area (Å²) >= 11 is 0. The lowest BCUT2D eigenvalue weighted by Crippen LogP contribution is -2.55. The van der Waals surface area contributed by atoms with E-state index in [1.807, 2.05) is 27.7 Å². The number of hydrogen-bond acceptors (Lipinski definition) is 3. The number of hydrazine groups is 1. The number of hydrogen-bond donors (Lipinski definition) is 0. The Morgan fingerprint density at radius 1 is 0.652 bits per heavy atom. The van der Waals surface area contributed by atoms with E-state index in [4.69, 9.17) is 0 Å². The van der Waals surface area contributed by atoms with Crippen LogP contribution in [0.25, 0.3) is 0 Å². The van der Waals surface area contributed by atoms with Crippen LogP contribution in [0.4, 0.5) is 11.4 Å². The molecule has 1 saturated heterocycles. The van der Waals surface area contributed by atoms with Crippen LogP contribution < -0.4 is 9.91 Å². The molecule has 1 aliphatic rings. The van der Waals surface area contributed by atoms with Crippen molar-refractivity contribution < 1.29 is 0 Å². The zero-order valence-electron chi connectivity index (χ0n) is 15.2. The van der Waals surface area contributed by atoms with Crippen LogP contribution in [0.3, 0.4) is 0 Å². The Balaban J connectivity index is 0.000000615. The SMILES string of the molecule is CC.CC.CN1CN(c2ccccc2)CCN1c1ccccc1. The molecule has 2 aromatic rings. The van der Waals surface area contributed by atoms with E-state index in [2.05, 4.69) is 82.6 Å². The first-order chi connectivity index (χ1) is 11.3. The molecular weight excluding hydrogens is 282 g/mol. The molecule has 3 nitrogen and oxygen atoms in total. The van der Waals surface area contributed by atoms with Gasteiger partial charge in [-0.15, -0.1) is 0 Å². The van der Waals surface area contributed by atoms with Crippen molar-refractivity contribution in [2.45, 2.75) is 27.7 Å². The fourth-order valence-electron chi connectivity index (χ4n) is 2.56. The standard InChI is InChI=1S/C16H19N3.2C2H6/c1-17-14-18(15-8-4-2-5-9-15)12-13-19(17)16-10-6-3-7-11-16;2*1-2/h2-11H,12-14H2,1H3;2*1-2H3. The highest BCUT2D eigenvalue weighted by Gasteiger charge is 2.21. The third-order valence-corrected chi connectivity index (χ3v) is 3.54. The van der Waals surface area contributed by atoms with Crippen molar-refractivity contribution in [1.82, 2.24) is 5.01 Å². The predicted molar refractivity (Wildman–Crippen MR) is 103 cm³/mol. The number of anilines is 2. The Bertz CT molecular complexity index is 513. The minimum Gasteiger partial charge on any atom is -0.355 e. The quantitative estimate of drug-likeness (QED) is 0.783. The van der Waals surface area contributed by atoms with Gasteiger partial charge in [0.25, 0.3) is 0 Å². The van der Waals surface area contributed by atoms with Crippen LogP contribution in [0.15, 0.2) is 60.7 Å². The smallest absolute Gasteiger partial charge is 0.0884 e. The molecule has 0 unspecified atom stereocenters. The summed E-state index contributed by atoms with van der Waals surface area (Å²) in [7, 11) is 2.14. The van der Waals surface area contributed by atoms with Gasteiger partial charge in [0.05, 0.1) is 18.9 Å². The van der Waals surface area contributed by atoms with Gasteiger partial charge in [-0.25, -0.2) is 5.01 Å². The van der Waals surface area contributed by atoms with E-state index in [1.54, 1.807) is 0 Å². The van der Waals surface area contributed by atoms with Crippen molar-refractivity contribution in [2.24, 2.45) is 0 Å². The molecular formula is C20H31N3. The molecule has 3 heteroatoms. The van der Waals surface area contributed by atoms with Gasteiger partial charge >= 0.3 is 0 Å². The summed E-state index contributed by atoms with van der Waals surface area (Å²) in [5.74, 6) is 0. The lowest BCUT2D eigenvalue weighted by molar-refractivity contribution is 0.272. The summed E-state index contributed by atoms with van der Waals surface area (Å²) in [6, 6.07) is 21.2. The van der Waals surface area contributed by atoms with Gasteiger partial charge in [0, 0.05) is 19.3 Å². The molecule has 0 atom stereocenters. The number of benzene rings is 2. The summed E-state index contributed by atoms with van der Waals surface area (Å²) in [6.45, 7) is 11.0. The van der Waals surface area contributed by atoms with Crippen LogP contribution in [-0.4, -0.2) is 31.8 Å². The fraction of sp³-hybridized carbons (Fsp3) is 0.400. The Hall–Kier alpha value is -2.00. The Morgan fingerprint density at radius 2 is 1.13 bits per heavy atom. The molecule has 23 heavy (non-hydrogen) atoms. The van der Waals surface area contributed by atoms with Crippen LogP contribution in [0.2, 0.25) is 0 Å². The van der Waals surface area contributed by atoms with Crippen LogP contribution in [0.1, 0.15) is 27.7 Å². The summed E-state index contributed by atoms with van der Waals surface area (Å²) in [6.07, 6.45) is 0. The zero-order valence-corrected chi connectivity index (χ0v) is 15.2. The van der Waals surface area contributed by atoms with E-state index in [0.29, 0.717) is 0 Å². The maximum absolute atomic E-state index is 2.40. The number of rotatable bonds is 2. The summed E-state index contributed by atoms with van der Waals surface area (Å²) in [5, 5.41) is 4.60. The highest BCUT2D eigenvalue weighted by molar-refractivity contribution is 5.50. The molecule has 2 aromatic carbocycles. The van der Waals surface area contributed by atoms with Gasteiger partial charge < -0.3 is 9.91 Å². The summed E-state index contributed by atoms with van der Waals surface area (Å²) in [4.78, 5) is 2.40. The van der Waals surface area contributed by atoms with Gasteiger partial charge in [-0.2, -0.15) is 0 Å². The molecule has 0 N–H and O–H groups in total. The minimum absolute atomic E-state index is 0.916. The zero-order chi connectivity index (χ0) is 17.1. The molecule has 0 aliphatic carbocycles. The number of nitrogens with zero attached hydrogens (tertiary/aromatic N) is 3. The second kappa shape index (κ2) is 10.7. The average molecular weight is 313 g/mol. The molecule has 0 bridgehead atoms. The maximum atomic E-state index is 2.40. The second-order valence-electron chi connectivity index (χ2n) is 4.86. The first kappa shape index (κ1) is 19.0. The number of para-hydroxylation sites is 2. The molecule has 3 rings (SSSR count). The molecule has 0 spiro atoms. The molecule has 1 heterocycles. The maximum Gasteiger partial charge on any atom is 0.0884 e. The van der Waals surface area contributed by atoms with E-state index < -0.39 is 0 Å². The largest absolute Gasteiger partial charge is 0.355 e.